The van der Waals surface area contributed by atoms with Gasteiger partial charge in [-0.3, -0.25) is 30.1 Å². The second-order valence-corrected chi connectivity index (χ2v) is 15.0. The predicted octanol–water partition coefficient (Wildman–Crippen LogP) is 5.98. The van der Waals surface area contributed by atoms with Crippen LogP contribution in [0.4, 0.5) is 44.5 Å². The molecular formula is C38H44Cl2N12O4. The minimum absolute atomic E-state index is 0.0962. The van der Waals surface area contributed by atoms with Gasteiger partial charge in [-0.25, -0.2) is 19.6 Å². The fourth-order valence-electron chi connectivity index (χ4n) is 7.08. The second kappa shape index (κ2) is 18.1. The molecule has 0 saturated carbocycles. The lowest BCUT2D eigenvalue weighted by molar-refractivity contribution is -0.138. The number of para-hydroxylation sites is 2. The molecule has 56 heavy (non-hydrogen) atoms. The number of piperidine rings is 2. The molecule has 294 valence electrons. The number of urea groups is 2. The molecule has 0 unspecified atom stereocenters. The summed E-state index contributed by atoms with van der Waals surface area (Å²) in [7, 11) is 0. The molecule has 4 aliphatic heterocycles. The van der Waals surface area contributed by atoms with E-state index < -0.39 is 5.97 Å². The van der Waals surface area contributed by atoms with Crippen LogP contribution in [0.5, 0.6) is 0 Å². The van der Waals surface area contributed by atoms with Crippen LogP contribution >= 0.6 is 23.2 Å². The van der Waals surface area contributed by atoms with Crippen molar-refractivity contribution in [2.45, 2.75) is 38.8 Å². The number of aliphatic carboxylic acids is 1. The molecule has 2 aromatic carbocycles. The van der Waals surface area contributed by atoms with E-state index in [9.17, 15) is 14.4 Å². The summed E-state index contributed by atoms with van der Waals surface area (Å²) in [5, 5.41) is 25.5. The van der Waals surface area contributed by atoms with Gasteiger partial charge in [0.2, 0.25) is 11.9 Å². The SMILES string of the molecule is O=C(O)CN1CCC(CNc2ncc3c(n2)NC(=O)N(c2ccccc2Cl)C3)CC1.O=C1Nc2nc(NCC3CCNCC3)ncc2CN1c1ccccc1Cl. The van der Waals surface area contributed by atoms with Crippen LogP contribution in [0.25, 0.3) is 0 Å². The first-order chi connectivity index (χ1) is 27.2. The highest BCUT2D eigenvalue weighted by Gasteiger charge is 2.29. The molecule has 6 heterocycles. The number of carbonyl (C=O) groups is 3. The average molecular weight is 804 g/mol. The zero-order valence-corrected chi connectivity index (χ0v) is 32.2. The number of amides is 4. The van der Waals surface area contributed by atoms with Crippen molar-refractivity contribution < 1.29 is 19.5 Å². The van der Waals surface area contributed by atoms with E-state index >= 15 is 0 Å². The smallest absolute Gasteiger partial charge is 0.327 e. The first-order valence-corrected chi connectivity index (χ1v) is 19.5. The van der Waals surface area contributed by atoms with Gasteiger partial charge in [0.15, 0.2) is 0 Å². The second-order valence-electron chi connectivity index (χ2n) is 14.1. The summed E-state index contributed by atoms with van der Waals surface area (Å²) in [6, 6.07) is 13.9. The number of nitrogens with one attached hydrogen (secondary N) is 5. The van der Waals surface area contributed by atoms with Crippen LogP contribution in [0.2, 0.25) is 10.0 Å². The number of benzene rings is 2. The van der Waals surface area contributed by atoms with E-state index in [1.807, 2.05) is 35.2 Å². The number of halogens is 2. The summed E-state index contributed by atoms with van der Waals surface area (Å²) in [6.45, 7) is 6.05. The van der Waals surface area contributed by atoms with Crippen molar-refractivity contribution in [1.29, 1.82) is 0 Å². The summed E-state index contributed by atoms with van der Waals surface area (Å²) in [6.07, 6.45) is 7.63. The molecular weight excluding hydrogens is 759 g/mol. The number of carbonyl (C=O) groups excluding carboxylic acids is 2. The lowest BCUT2D eigenvalue weighted by Gasteiger charge is -2.31. The van der Waals surface area contributed by atoms with Gasteiger partial charge in [-0.1, -0.05) is 47.5 Å². The number of hydrogen-bond acceptors (Lipinski definition) is 11. The van der Waals surface area contributed by atoms with Gasteiger partial charge in [0.25, 0.3) is 0 Å². The van der Waals surface area contributed by atoms with E-state index in [0.29, 0.717) is 76.4 Å². The third kappa shape index (κ3) is 9.74. The van der Waals surface area contributed by atoms with Crippen LogP contribution in [0.1, 0.15) is 36.8 Å². The molecule has 0 radical (unpaired) electrons. The van der Waals surface area contributed by atoms with E-state index in [2.05, 4.69) is 46.5 Å². The van der Waals surface area contributed by atoms with Gasteiger partial charge in [0.05, 0.1) is 41.1 Å². The van der Waals surface area contributed by atoms with Gasteiger partial charge < -0.3 is 21.1 Å². The number of anilines is 6. The topological polar surface area (TPSA) is 193 Å². The molecule has 8 rings (SSSR count). The van der Waals surface area contributed by atoms with Gasteiger partial charge in [-0.05, 0) is 88.0 Å². The minimum atomic E-state index is -0.788. The Hall–Kier alpha value is -5.29. The van der Waals surface area contributed by atoms with Crippen LogP contribution < -0.4 is 36.4 Å². The van der Waals surface area contributed by atoms with Gasteiger partial charge in [0.1, 0.15) is 11.6 Å². The van der Waals surface area contributed by atoms with Crippen LogP contribution in [0.15, 0.2) is 60.9 Å². The molecule has 0 aliphatic carbocycles. The van der Waals surface area contributed by atoms with Gasteiger partial charge in [-0.15, -0.1) is 0 Å². The number of hydrogen-bond donors (Lipinski definition) is 6. The first-order valence-electron chi connectivity index (χ1n) is 18.7. The Morgan fingerprint density at radius 2 is 1.20 bits per heavy atom. The zero-order chi connectivity index (χ0) is 39.0. The molecule has 0 bridgehead atoms. The zero-order valence-electron chi connectivity index (χ0n) is 30.7. The fourth-order valence-corrected chi connectivity index (χ4v) is 7.56. The molecule has 4 aromatic rings. The monoisotopic (exact) mass is 802 g/mol. The molecule has 16 nitrogen and oxygen atoms in total. The molecule has 6 N–H and O–H groups in total. The van der Waals surface area contributed by atoms with Crippen molar-refractivity contribution in [3.63, 3.8) is 0 Å². The summed E-state index contributed by atoms with van der Waals surface area (Å²) in [4.78, 5) is 58.7. The van der Waals surface area contributed by atoms with Crippen molar-refractivity contribution >= 4 is 76.1 Å². The third-order valence-electron chi connectivity index (χ3n) is 10.2. The molecule has 18 heteroatoms. The number of carboxylic acids is 1. The number of carboxylic acid groups (broad SMARTS) is 1. The molecule has 4 aliphatic rings. The van der Waals surface area contributed by atoms with Crippen LogP contribution in [0, 0.1) is 11.8 Å². The van der Waals surface area contributed by atoms with E-state index in [4.69, 9.17) is 28.3 Å². The molecule has 2 saturated heterocycles. The Morgan fingerprint density at radius 3 is 1.66 bits per heavy atom. The largest absolute Gasteiger partial charge is 0.480 e. The summed E-state index contributed by atoms with van der Waals surface area (Å²) >= 11 is 12.5. The highest BCUT2D eigenvalue weighted by Crippen LogP contribution is 2.33. The summed E-state index contributed by atoms with van der Waals surface area (Å²) in [5.41, 5.74) is 2.98. The normalized spacial score (nSPS) is 17.5. The quantitative estimate of drug-likeness (QED) is 0.110. The van der Waals surface area contributed by atoms with Crippen molar-refractivity contribution in [1.82, 2.24) is 30.2 Å². The average Bonchev–Trinajstić information content (AvgIpc) is 3.20. The minimum Gasteiger partial charge on any atom is -0.480 e. The van der Waals surface area contributed by atoms with Crippen molar-refractivity contribution in [3.8, 4) is 0 Å². The molecule has 2 fully saturated rings. The number of fused-ring (bicyclic) bond motifs is 2. The van der Waals surface area contributed by atoms with Gasteiger partial charge in [0, 0.05) is 36.6 Å². The van der Waals surface area contributed by atoms with Crippen molar-refractivity contribution in [2.24, 2.45) is 11.8 Å². The first kappa shape index (κ1) is 39.0. The molecule has 0 atom stereocenters. The lowest BCUT2D eigenvalue weighted by Crippen LogP contribution is -2.40. The van der Waals surface area contributed by atoms with Gasteiger partial charge >= 0.3 is 18.0 Å². The Labute approximate surface area is 334 Å². The van der Waals surface area contributed by atoms with E-state index in [1.165, 1.54) is 0 Å². The van der Waals surface area contributed by atoms with Gasteiger partial charge in [-0.2, -0.15) is 9.97 Å². The van der Waals surface area contributed by atoms with E-state index in [-0.39, 0.29) is 18.6 Å². The standard InChI is InChI=1S/C20H23ClN6O3.C18H21ClN6O/c21-15-3-1-2-4-16(15)27-11-14-10-23-19(24-18(14)25-20(27)30)22-9-13-5-7-26(8-6-13)12-17(28)29;19-14-3-1-2-4-15(14)25-11-13-10-22-17(23-16(13)24-18(25)26)21-9-12-5-7-20-8-6-12/h1-4,10,13H,5-9,11-12H2,(H,28,29)(H2,22,23,24,25,30);1-4,10,12,20H,5-9,11H2,(H2,21,22,23,24,26). The fraction of sp³-hybridized carbons (Fsp3) is 0.395. The Balaban J connectivity index is 0.000000173. The molecule has 4 amide bonds. The van der Waals surface area contributed by atoms with Crippen molar-refractivity contribution in [2.75, 3.05) is 76.9 Å². The number of rotatable bonds is 10. The highest BCUT2D eigenvalue weighted by molar-refractivity contribution is 6.34. The third-order valence-corrected chi connectivity index (χ3v) is 10.9. The van der Waals surface area contributed by atoms with Crippen molar-refractivity contribution in [3.05, 3.63) is 82.1 Å². The summed E-state index contributed by atoms with van der Waals surface area (Å²) < 4.78 is 0. The Kier molecular flexibility index (Phi) is 12.6. The highest BCUT2D eigenvalue weighted by atomic mass is 35.5. The van der Waals surface area contributed by atoms with Crippen LogP contribution in [-0.2, 0) is 17.9 Å². The Bertz CT molecular complexity index is 2040. The summed E-state index contributed by atoms with van der Waals surface area (Å²) in [5.74, 6) is 2.34. The maximum absolute atomic E-state index is 12.6. The lowest BCUT2D eigenvalue weighted by atomic mass is 9.97. The van der Waals surface area contributed by atoms with E-state index in [0.717, 1.165) is 69.5 Å². The molecule has 2 aromatic heterocycles. The molecule has 0 spiro atoms. The Morgan fingerprint density at radius 1 is 0.732 bits per heavy atom. The number of likely N-dealkylation sites (tertiary alicyclic amines) is 1. The van der Waals surface area contributed by atoms with E-state index in [1.54, 1.807) is 40.4 Å². The maximum Gasteiger partial charge on any atom is 0.327 e. The maximum atomic E-state index is 12.6. The van der Waals surface area contributed by atoms with Crippen LogP contribution in [-0.4, -0.2) is 93.8 Å². The predicted molar refractivity (Wildman–Crippen MR) is 217 cm³/mol. The number of nitrogens with zero attached hydrogens (tertiary/aromatic N) is 7. The number of aromatic nitrogens is 4. The van der Waals surface area contributed by atoms with Crippen LogP contribution in [0.3, 0.4) is 0 Å².